The van der Waals surface area contributed by atoms with Gasteiger partial charge in [0.1, 0.15) is 11.6 Å². The van der Waals surface area contributed by atoms with Gasteiger partial charge in [0.05, 0.1) is 6.04 Å². The second kappa shape index (κ2) is 9.63. The van der Waals surface area contributed by atoms with Gasteiger partial charge in [0.2, 0.25) is 0 Å². The SMILES string of the molecule is Cc1cc(C(=O)NC(C)c2cc(C(=N)N)ccc2O)ccc1C(=O)N1CCCC1.Cl. The third kappa shape index (κ3) is 4.91. The zero-order chi connectivity index (χ0) is 21.1. The zero-order valence-electron chi connectivity index (χ0n) is 17.1. The molecule has 1 aliphatic rings. The number of rotatable bonds is 5. The molecule has 0 spiro atoms. The number of halogens is 1. The molecule has 1 unspecified atom stereocenters. The van der Waals surface area contributed by atoms with E-state index in [1.54, 1.807) is 37.3 Å². The first kappa shape index (κ1) is 23.2. The normalized spacial score (nSPS) is 14.0. The number of nitrogens with zero attached hydrogens (tertiary/aromatic N) is 1. The predicted octanol–water partition coefficient (Wildman–Crippen LogP) is 3.13. The number of nitrogens with two attached hydrogens (primary N) is 1. The van der Waals surface area contributed by atoms with Gasteiger partial charge in [-0.25, -0.2) is 0 Å². The van der Waals surface area contributed by atoms with E-state index in [0.29, 0.717) is 22.3 Å². The summed E-state index contributed by atoms with van der Waals surface area (Å²) < 4.78 is 0. The lowest BCUT2D eigenvalue weighted by atomic mass is 10.0. The summed E-state index contributed by atoms with van der Waals surface area (Å²) in [7, 11) is 0. The van der Waals surface area contributed by atoms with Gasteiger partial charge in [0.25, 0.3) is 11.8 Å². The van der Waals surface area contributed by atoms with E-state index < -0.39 is 6.04 Å². The maximum atomic E-state index is 12.7. The van der Waals surface area contributed by atoms with Gasteiger partial charge in [-0.3, -0.25) is 15.0 Å². The van der Waals surface area contributed by atoms with E-state index in [0.717, 1.165) is 31.5 Å². The number of phenolic OH excluding ortho intramolecular Hbond substituents is 1. The molecule has 30 heavy (non-hydrogen) atoms. The van der Waals surface area contributed by atoms with Crippen molar-refractivity contribution in [2.45, 2.75) is 32.7 Å². The highest BCUT2D eigenvalue weighted by Crippen LogP contribution is 2.26. The summed E-state index contributed by atoms with van der Waals surface area (Å²) in [4.78, 5) is 27.1. The number of likely N-dealkylation sites (tertiary alicyclic amines) is 1. The Hall–Kier alpha value is -3.06. The molecule has 1 saturated heterocycles. The summed E-state index contributed by atoms with van der Waals surface area (Å²) in [6, 6.07) is 9.15. The third-order valence-corrected chi connectivity index (χ3v) is 5.26. The van der Waals surface area contributed by atoms with Crippen molar-refractivity contribution in [2.24, 2.45) is 5.73 Å². The number of carbonyl (C=O) groups is 2. The molecule has 8 heteroatoms. The highest BCUT2D eigenvalue weighted by Gasteiger charge is 2.22. The number of hydrogen-bond donors (Lipinski definition) is 4. The molecule has 1 fully saturated rings. The van der Waals surface area contributed by atoms with E-state index >= 15 is 0 Å². The van der Waals surface area contributed by atoms with E-state index in [1.165, 1.54) is 6.07 Å². The van der Waals surface area contributed by atoms with Crippen molar-refractivity contribution in [3.05, 3.63) is 64.2 Å². The van der Waals surface area contributed by atoms with Crippen molar-refractivity contribution in [3.8, 4) is 5.75 Å². The molecule has 0 radical (unpaired) electrons. The van der Waals surface area contributed by atoms with Crippen LogP contribution >= 0.6 is 12.4 Å². The first-order valence-corrected chi connectivity index (χ1v) is 9.66. The molecule has 160 valence electrons. The smallest absolute Gasteiger partial charge is 0.254 e. The van der Waals surface area contributed by atoms with Crippen molar-refractivity contribution in [1.29, 1.82) is 5.41 Å². The molecule has 2 amide bonds. The second-order valence-electron chi connectivity index (χ2n) is 7.41. The fourth-order valence-corrected chi connectivity index (χ4v) is 3.56. The lowest BCUT2D eigenvalue weighted by molar-refractivity contribution is 0.0791. The van der Waals surface area contributed by atoms with E-state index in [4.69, 9.17) is 11.1 Å². The van der Waals surface area contributed by atoms with Gasteiger partial charge in [-0.2, -0.15) is 0 Å². The molecule has 7 nitrogen and oxygen atoms in total. The number of hydrogen-bond acceptors (Lipinski definition) is 4. The van der Waals surface area contributed by atoms with Crippen LogP contribution in [0.5, 0.6) is 5.75 Å². The first-order chi connectivity index (χ1) is 13.8. The fraction of sp³-hybridized carbons (Fsp3) is 0.318. The maximum absolute atomic E-state index is 12.7. The average Bonchev–Trinajstić information content (AvgIpc) is 3.22. The molecule has 2 aromatic carbocycles. The van der Waals surface area contributed by atoms with E-state index in [-0.39, 0.29) is 35.8 Å². The number of amidine groups is 1. The Morgan fingerprint density at radius 2 is 1.77 bits per heavy atom. The monoisotopic (exact) mass is 430 g/mol. The lowest BCUT2D eigenvalue weighted by Gasteiger charge is -2.18. The Kier molecular flexibility index (Phi) is 7.45. The van der Waals surface area contributed by atoms with Crippen LogP contribution in [0.25, 0.3) is 0 Å². The van der Waals surface area contributed by atoms with Crippen molar-refractivity contribution >= 4 is 30.1 Å². The van der Waals surface area contributed by atoms with Crippen molar-refractivity contribution in [3.63, 3.8) is 0 Å². The molecule has 0 aromatic heterocycles. The molecule has 0 aliphatic carbocycles. The van der Waals surface area contributed by atoms with Gasteiger partial charge in [-0.15, -0.1) is 12.4 Å². The minimum atomic E-state index is -0.493. The number of aryl methyl sites for hydroxylation is 1. The molecular formula is C22H27ClN4O3. The van der Waals surface area contributed by atoms with Crippen LogP contribution in [0.2, 0.25) is 0 Å². The number of carbonyl (C=O) groups excluding carboxylic acids is 2. The minimum absolute atomic E-state index is 0. The molecule has 5 N–H and O–H groups in total. The quantitative estimate of drug-likeness (QED) is 0.430. The molecule has 0 bridgehead atoms. The van der Waals surface area contributed by atoms with Gasteiger partial charge in [0.15, 0.2) is 0 Å². The highest BCUT2D eigenvalue weighted by atomic mass is 35.5. The van der Waals surface area contributed by atoms with Crippen LogP contribution in [0.15, 0.2) is 36.4 Å². The largest absolute Gasteiger partial charge is 0.508 e. The number of nitrogens with one attached hydrogen (secondary N) is 2. The van der Waals surface area contributed by atoms with Gasteiger partial charge >= 0.3 is 0 Å². The minimum Gasteiger partial charge on any atom is -0.508 e. The maximum Gasteiger partial charge on any atom is 0.254 e. The summed E-state index contributed by atoms with van der Waals surface area (Å²) in [5, 5.41) is 20.5. The Morgan fingerprint density at radius 1 is 1.13 bits per heavy atom. The Morgan fingerprint density at radius 3 is 2.37 bits per heavy atom. The first-order valence-electron chi connectivity index (χ1n) is 9.66. The number of aromatic hydroxyl groups is 1. The summed E-state index contributed by atoms with van der Waals surface area (Å²) in [5.74, 6) is -0.399. The molecule has 3 rings (SSSR count). The zero-order valence-corrected chi connectivity index (χ0v) is 17.9. The fourth-order valence-electron chi connectivity index (χ4n) is 3.56. The number of phenols is 1. The van der Waals surface area contributed by atoms with Crippen LogP contribution in [0.3, 0.4) is 0 Å². The summed E-state index contributed by atoms with van der Waals surface area (Å²) in [6.07, 6.45) is 2.06. The van der Waals surface area contributed by atoms with Crippen LogP contribution in [-0.2, 0) is 0 Å². The van der Waals surface area contributed by atoms with Crippen molar-refractivity contribution < 1.29 is 14.7 Å². The van der Waals surface area contributed by atoms with Gasteiger partial charge < -0.3 is 21.1 Å². The molecule has 2 aromatic rings. The Bertz CT molecular complexity index is 971. The molecule has 0 saturated carbocycles. The third-order valence-electron chi connectivity index (χ3n) is 5.26. The molecule has 1 heterocycles. The lowest BCUT2D eigenvalue weighted by Crippen LogP contribution is -2.29. The van der Waals surface area contributed by atoms with Crippen LogP contribution in [0.1, 0.15) is 63.2 Å². The number of nitrogen functional groups attached to an aromatic ring is 1. The van der Waals surface area contributed by atoms with Crippen LogP contribution < -0.4 is 11.1 Å². The van der Waals surface area contributed by atoms with Crippen molar-refractivity contribution in [2.75, 3.05) is 13.1 Å². The topological polar surface area (TPSA) is 120 Å². The molecule has 1 aliphatic heterocycles. The molecule has 1 atom stereocenters. The van der Waals surface area contributed by atoms with Gasteiger partial charge in [-0.1, -0.05) is 0 Å². The second-order valence-corrected chi connectivity index (χ2v) is 7.41. The molecular weight excluding hydrogens is 404 g/mol. The average molecular weight is 431 g/mol. The summed E-state index contributed by atoms with van der Waals surface area (Å²) in [5.41, 5.74) is 8.26. The standard InChI is InChI=1S/C22H26N4O3.ClH/c1-13-11-16(5-7-17(13)22(29)26-9-3-4-10-26)21(28)25-14(2)18-12-15(20(23)24)6-8-19(18)27;/h5-8,11-12,14,27H,3-4,9-10H2,1-2H3,(H3,23,24)(H,25,28);1H. The van der Waals surface area contributed by atoms with Gasteiger partial charge in [-0.05, 0) is 68.7 Å². The number of benzene rings is 2. The van der Waals surface area contributed by atoms with Crippen LogP contribution in [0.4, 0.5) is 0 Å². The van der Waals surface area contributed by atoms with Gasteiger partial charge in [0, 0.05) is 35.3 Å². The van der Waals surface area contributed by atoms with E-state index in [9.17, 15) is 14.7 Å². The van der Waals surface area contributed by atoms with Crippen LogP contribution in [-0.4, -0.2) is 40.7 Å². The van der Waals surface area contributed by atoms with E-state index in [1.807, 2.05) is 11.8 Å². The Balaban J connectivity index is 0.00000320. The van der Waals surface area contributed by atoms with Crippen LogP contribution in [0, 0.1) is 12.3 Å². The highest BCUT2D eigenvalue weighted by molar-refractivity contribution is 5.99. The summed E-state index contributed by atoms with van der Waals surface area (Å²) >= 11 is 0. The van der Waals surface area contributed by atoms with E-state index in [2.05, 4.69) is 5.32 Å². The summed E-state index contributed by atoms with van der Waals surface area (Å²) in [6.45, 7) is 5.13. The predicted molar refractivity (Wildman–Crippen MR) is 119 cm³/mol. The van der Waals surface area contributed by atoms with Crippen molar-refractivity contribution in [1.82, 2.24) is 10.2 Å². The number of amides is 2. The Labute approximate surface area is 182 Å².